The number of carboxylic acids is 1. The number of fused-ring (bicyclic) bond motifs is 2. The Morgan fingerprint density at radius 3 is 2.86 bits per heavy atom. The standard InChI is InChI=1S/C11H19NO2/c1-12-11-5-2-3-8(7-11)9(4-6-11)10(13)14/h8-9,12H,2-7H2,1H3,(H,13,14). The highest BCUT2D eigenvalue weighted by Gasteiger charge is 2.44. The summed E-state index contributed by atoms with van der Waals surface area (Å²) in [5.41, 5.74) is 0.273. The first-order valence-corrected chi connectivity index (χ1v) is 5.59. The average Bonchev–Trinajstić information content (AvgIpc) is 2.18. The predicted molar refractivity (Wildman–Crippen MR) is 54.1 cm³/mol. The Bertz CT molecular complexity index is 241. The second-order valence-corrected chi connectivity index (χ2v) is 4.87. The maximum Gasteiger partial charge on any atom is 0.306 e. The summed E-state index contributed by atoms with van der Waals surface area (Å²) >= 11 is 0. The van der Waals surface area contributed by atoms with Crippen LogP contribution in [0.5, 0.6) is 0 Å². The molecule has 2 saturated carbocycles. The molecule has 0 aromatic carbocycles. The average molecular weight is 197 g/mol. The minimum atomic E-state index is -0.582. The van der Waals surface area contributed by atoms with E-state index in [1.807, 2.05) is 7.05 Å². The quantitative estimate of drug-likeness (QED) is 0.707. The van der Waals surface area contributed by atoms with Crippen LogP contribution in [0.3, 0.4) is 0 Å². The molecular weight excluding hydrogens is 178 g/mol. The Balaban J connectivity index is 2.11. The number of rotatable bonds is 2. The second kappa shape index (κ2) is 3.54. The number of aliphatic carboxylic acids is 1. The summed E-state index contributed by atoms with van der Waals surface area (Å²) < 4.78 is 0. The molecule has 0 amide bonds. The smallest absolute Gasteiger partial charge is 0.306 e. The van der Waals surface area contributed by atoms with Gasteiger partial charge in [0.2, 0.25) is 0 Å². The lowest BCUT2D eigenvalue weighted by atomic mass is 9.63. The molecule has 2 N–H and O–H groups in total. The fourth-order valence-corrected chi connectivity index (χ4v) is 3.32. The van der Waals surface area contributed by atoms with Gasteiger partial charge in [0.25, 0.3) is 0 Å². The van der Waals surface area contributed by atoms with Gasteiger partial charge < -0.3 is 10.4 Å². The van der Waals surface area contributed by atoms with Gasteiger partial charge in [0, 0.05) is 5.54 Å². The van der Waals surface area contributed by atoms with Crippen LogP contribution in [0, 0.1) is 11.8 Å². The normalized spacial score (nSPS) is 42.1. The van der Waals surface area contributed by atoms with Crippen LogP contribution in [-0.2, 0) is 4.79 Å². The molecule has 0 aliphatic heterocycles. The van der Waals surface area contributed by atoms with Crippen LogP contribution < -0.4 is 5.32 Å². The van der Waals surface area contributed by atoms with E-state index in [1.165, 1.54) is 12.8 Å². The topological polar surface area (TPSA) is 49.3 Å². The summed E-state index contributed by atoms with van der Waals surface area (Å²) in [6.07, 6.45) is 6.50. The fourth-order valence-electron chi connectivity index (χ4n) is 3.32. The van der Waals surface area contributed by atoms with E-state index < -0.39 is 5.97 Å². The third-order valence-corrected chi connectivity index (χ3v) is 4.23. The molecule has 3 atom stereocenters. The van der Waals surface area contributed by atoms with Gasteiger partial charge in [0.05, 0.1) is 5.92 Å². The third kappa shape index (κ3) is 1.54. The highest BCUT2D eigenvalue weighted by atomic mass is 16.4. The lowest BCUT2D eigenvalue weighted by Gasteiger charge is -2.47. The highest BCUT2D eigenvalue weighted by molar-refractivity contribution is 5.70. The zero-order valence-electron chi connectivity index (χ0n) is 8.75. The van der Waals surface area contributed by atoms with E-state index in [0.717, 1.165) is 25.7 Å². The van der Waals surface area contributed by atoms with Crippen LogP contribution in [0.4, 0.5) is 0 Å². The van der Waals surface area contributed by atoms with Gasteiger partial charge in [-0.25, -0.2) is 0 Å². The summed E-state index contributed by atoms with van der Waals surface area (Å²) in [5.74, 6) is -0.235. The summed E-state index contributed by atoms with van der Waals surface area (Å²) in [6.45, 7) is 0. The van der Waals surface area contributed by atoms with Gasteiger partial charge in [-0.3, -0.25) is 4.79 Å². The van der Waals surface area contributed by atoms with Crippen LogP contribution in [0.1, 0.15) is 38.5 Å². The van der Waals surface area contributed by atoms with E-state index in [9.17, 15) is 4.79 Å². The first-order chi connectivity index (χ1) is 6.67. The van der Waals surface area contributed by atoms with Crippen LogP contribution in [0.25, 0.3) is 0 Å². The Hall–Kier alpha value is -0.570. The van der Waals surface area contributed by atoms with Gasteiger partial charge in [-0.05, 0) is 45.1 Å². The Labute approximate surface area is 84.9 Å². The fraction of sp³-hybridized carbons (Fsp3) is 0.909. The zero-order chi connectivity index (χ0) is 10.2. The molecule has 2 fully saturated rings. The second-order valence-electron chi connectivity index (χ2n) is 4.87. The lowest BCUT2D eigenvalue weighted by Crippen LogP contribution is -2.52. The van der Waals surface area contributed by atoms with Gasteiger partial charge in [0.15, 0.2) is 0 Å². The minimum Gasteiger partial charge on any atom is -0.481 e. The zero-order valence-corrected chi connectivity index (χ0v) is 8.75. The van der Waals surface area contributed by atoms with Crippen molar-refractivity contribution in [2.75, 3.05) is 7.05 Å². The van der Waals surface area contributed by atoms with Crippen molar-refractivity contribution >= 4 is 5.97 Å². The molecule has 14 heavy (non-hydrogen) atoms. The molecule has 0 aromatic heterocycles. The monoisotopic (exact) mass is 197 g/mol. The lowest BCUT2D eigenvalue weighted by molar-refractivity contribution is -0.146. The number of nitrogens with one attached hydrogen (secondary N) is 1. The van der Waals surface area contributed by atoms with E-state index >= 15 is 0 Å². The van der Waals surface area contributed by atoms with Gasteiger partial charge >= 0.3 is 5.97 Å². The van der Waals surface area contributed by atoms with E-state index in [-0.39, 0.29) is 11.5 Å². The largest absolute Gasteiger partial charge is 0.481 e. The minimum absolute atomic E-state index is 0.0724. The van der Waals surface area contributed by atoms with Crippen molar-refractivity contribution in [2.24, 2.45) is 11.8 Å². The Morgan fingerprint density at radius 1 is 1.43 bits per heavy atom. The summed E-state index contributed by atoms with van der Waals surface area (Å²) in [5, 5.41) is 12.5. The number of carboxylic acid groups (broad SMARTS) is 1. The van der Waals surface area contributed by atoms with Crippen molar-refractivity contribution in [3.63, 3.8) is 0 Å². The summed E-state index contributed by atoms with van der Waals surface area (Å²) in [4.78, 5) is 11.0. The van der Waals surface area contributed by atoms with Gasteiger partial charge in [0.1, 0.15) is 0 Å². The molecule has 0 spiro atoms. The van der Waals surface area contributed by atoms with Crippen molar-refractivity contribution in [2.45, 2.75) is 44.1 Å². The maximum atomic E-state index is 11.0. The van der Waals surface area contributed by atoms with Gasteiger partial charge in [-0.15, -0.1) is 0 Å². The summed E-state index contributed by atoms with van der Waals surface area (Å²) in [6, 6.07) is 0. The number of hydrogen-bond acceptors (Lipinski definition) is 2. The van der Waals surface area contributed by atoms with E-state index in [1.54, 1.807) is 0 Å². The van der Waals surface area contributed by atoms with Crippen molar-refractivity contribution in [1.29, 1.82) is 0 Å². The van der Waals surface area contributed by atoms with Crippen LogP contribution in [0.2, 0.25) is 0 Å². The van der Waals surface area contributed by atoms with Crippen molar-refractivity contribution < 1.29 is 9.90 Å². The third-order valence-electron chi connectivity index (χ3n) is 4.23. The maximum absolute atomic E-state index is 11.0. The van der Waals surface area contributed by atoms with Crippen LogP contribution in [0.15, 0.2) is 0 Å². The van der Waals surface area contributed by atoms with Crippen molar-refractivity contribution in [1.82, 2.24) is 5.32 Å². The van der Waals surface area contributed by atoms with Crippen LogP contribution in [-0.4, -0.2) is 23.7 Å². The molecule has 80 valence electrons. The van der Waals surface area contributed by atoms with Crippen molar-refractivity contribution in [3.8, 4) is 0 Å². The molecule has 0 radical (unpaired) electrons. The molecule has 2 aliphatic carbocycles. The molecule has 3 nitrogen and oxygen atoms in total. The molecule has 2 aliphatic rings. The molecule has 2 bridgehead atoms. The number of hydrogen-bond donors (Lipinski definition) is 2. The number of carbonyl (C=O) groups is 1. The highest BCUT2D eigenvalue weighted by Crippen LogP contribution is 2.45. The SMILES string of the molecule is CNC12CCCC(C1)C(C(=O)O)CC2. The molecule has 0 aromatic rings. The predicted octanol–water partition coefficient (Wildman–Crippen LogP) is 1.63. The molecular formula is C11H19NO2. The van der Waals surface area contributed by atoms with Gasteiger partial charge in [-0.1, -0.05) is 6.42 Å². The first-order valence-electron chi connectivity index (χ1n) is 5.59. The molecule has 2 rings (SSSR count). The Morgan fingerprint density at radius 2 is 2.21 bits per heavy atom. The molecule has 0 saturated heterocycles. The van der Waals surface area contributed by atoms with Crippen LogP contribution >= 0.6 is 0 Å². The van der Waals surface area contributed by atoms with Gasteiger partial charge in [-0.2, -0.15) is 0 Å². The summed E-state index contributed by atoms with van der Waals surface area (Å²) in [7, 11) is 2.02. The Kier molecular flexibility index (Phi) is 2.52. The molecule has 3 heteroatoms. The van der Waals surface area contributed by atoms with E-state index in [4.69, 9.17) is 5.11 Å². The molecule has 3 unspecified atom stereocenters. The first kappa shape index (κ1) is 9.97. The van der Waals surface area contributed by atoms with Crippen molar-refractivity contribution in [3.05, 3.63) is 0 Å². The van der Waals surface area contributed by atoms with E-state index in [0.29, 0.717) is 5.92 Å². The van der Waals surface area contributed by atoms with E-state index in [2.05, 4.69) is 5.32 Å². The molecule has 0 heterocycles.